The molecule has 3 heteroatoms. The number of aromatic nitrogens is 1. The molecular formula is C14H10ClNO. The number of pyridine rings is 1. The summed E-state index contributed by atoms with van der Waals surface area (Å²) < 4.78 is 0. The lowest BCUT2D eigenvalue weighted by Gasteiger charge is -1.96. The molecule has 0 unspecified atom stereocenters. The van der Waals surface area contributed by atoms with Gasteiger partial charge in [-0.3, -0.25) is 9.78 Å². The molecule has 0 aliphatic carbocycles. The van der Waals surface area contributed by atoms with E-state index in [0.29, 0.717) is 10.6 Å². The normalized spacial score (nSPS) is 10.6. The van der Waals surface area contributed by atoms with Crippen LogP contribution in [0.15, 0.2) is 54.9 Å². The molecule has 2 aromatic rings. The van der Waals surface area contributed by atoms with Gasteiger partial charge < -0.3 is 0 Å². The first-order valence-electron chi connectivity index (χ1n) is 5.14. The number of rotatable bonds is 3. The summed E-state index contributed by atoms with van der Waals surface area (Å²) in [6.07, 6.45) is 6.64. The van der Waals surface area contributed by atoms with Gasteiger partial charge in [0.15, 0.2) is 5.78 Å². The van der Waals surface area contributed by atoms with E-state index in [1.807, 2.05) is 12.1 Å². The number of benzene rings is 1. The average molecular weight is 244 g/mol. The summed E-state index contributed by atoms with van der Waals surface area (Å²) in [7, 11) is 0. The molecule has 0 aliphatic heterocycles. The summed E-state index contributed by atoms with van der Waals surface area (Å²) >= 11 is 5.82. The second kappa shape index (κ2) is 5.41. The van der Waals surface area contributed by atoms with Gasteiger partial charge in [0.25, 0.3) is 0 Å². The number of carbonyl (C=O) groups is 1. The Hall–Kier alpha value is -1.93. The van der Waals surface area contributed by atoms with Gasteiger partial charge in [0.05, 0.1) is 0 Å². The van der Waals surface area contributed by atoms with Crippen molar-refractivity contribution in [2.24, 2.45) is 0 Å². The van der Waals surface area contributed by atoms with Crippen molar-refractivity contribution < 1.29 is 4.79 Å². The zero-order valence-corrected chi connectivity index (χ0v) is 9.76. The Morgan fingerprint density at radius 3 is 2.82 bits per heavy atom. The van der Waals surface area contributed by atoms with E-state index in [2.05, 4.69) is 4.98 Å². The highest BCUT2D eigenvalue weighted by Crippen LogP contribution is 2.12. The van der Waals surface area contributed by atoms with E-state index in [9.17, 15) is 4.79 Å². The molecule has 2 nitrogen and oxygen atoms in total. The van der Waals surface area contributed by atoms with Crippen molar-refractivity contribution in [1.82, 2.24) is 4.98 Å². The summed E-state index contributed by atoms with van der Waals surface area (Å²) in [5.74, 6) is -0.0728. The zero-order chi connectivity index (χ0) is 12.1. The summed E-state index contributed by atoms with van der Waals surface area (Å²) in [4.78, 5) is 15.8. The van der Waals surface area contributed by atoms with Crippen LogP contribution in [-0.2, 0) is 0 Å². The van der Waals surface area contributed by atoms with Gasteiger partial charge in [0.2, 0.25) is 0 Å². The number of allylic oxidation sites excluding steroid dienone is 1. The van der Waals surface area contributed by atoms with Crippen LogP contribution in [0.25, 0.3) is 6.08 Å². The van der Waals surface area contributed by atoms with Crippen LogP contribution in [-0.4, -0.2) is 10.8 Å². The van der Waals surface area contributed by atoms with Gasteiger partial charge in [-0.1, -0.05) is 29.8 Å². The summed E-state index contributed by atoms with van der Waals surface area (Å²) in [5.41, 5.74) is 1.47. The second-order valence-electron chi connectivity index (χ2n) is 3.49. The van der Waals surface area contributed by atoms with Crippen LogP contribution in [0.1, 0.15) is 15.9 Å². The van der Waals surface area contributed by atoms with Crippen molar-refractivity contribution >= 4 is 23.5 Å². The highest BCUT2D eigenvalue weighted by molar-refractivity contribution is 6.31. The third-order valence-corrected chi connectivity index (χ3v) is 2.46. The largest absolute Gasteiger partial charge is 0.289 e. The molecule has 1 aromatic carbocycles. The Kier molecular flexibility index (Phi) is 3.68. The minimum absolute atomic E-state index is 0.0728. The molecule has 0 N–H and O–H groups in total. The number of ketones is 1. The molecule has 0 spiro atoms. The molecule has 1 aromatic heterocycles. The lowest BCUT2D eigenvalue weighted by molar-refractivity contribution is 0.104. The quantitative estimate of drug-likeness (QED) is 0.609. The predicted octanol–water partition coefficient (Wildman–Crippen LogP) is 3.63. The van der Waals surface area contributed by atoms with E-state index in [0.717, 1.165) is 5.56 Å². The Labute approximate surface area is 105 Å². The molecule has 0 bridgehead atoms. The molecule has 84 valence electrons. The first-order valence-corrected chi connectivity index (χ1v) is 5.51. The molecule has 0 saturated carbocycles. The van der Waals surface area contributed by atoms with E-state index >= 15 is 0 Å². The van der Waals surface area contributed by atoms with Crippen LogP contribution in [0.5, 0.6) is 0 Å². The highest BCUT2D eigenvalue weighted by atomic mass is 35.5. The minimum atomic E-state index is -0.0728. The molecule has 0 amide bonds. The van der Waals surface area contributed by atoms with E-state index < -0.39 is 0 Å². The maximum atomic E-state index is 11.8. The van der Waals surface area contributed by atoms with E-state index in [-0.39, 0.29) is 5.78 Å². The number of halogens is 1. The summed E-state index contributed by atoms with van der Waals surface area (Å²) in [6, 6.07) is 10.6. The molecular weight excluding hydrogens is 234 g/mol. The molecule has 0 fully saturated rings. The molecule has 0 radical (unpaired) electrons. The Bertz CT molecular complexity index is 549. The van der Waals surface area contributed by atoms with Crippen molar-refractivity contribution in [3.8, 4) is 0 Å². The van der Waals surface area contributed by atoms with Gasteiger partial charge >= 0.3 is 0 Å². The van der Waals surface area contributed by atoms with Gasteiger partial charge in [-0.05, 0) is 35.9 Å². The van der Waals surface area contributed by atoms with E-state index in [4.69, 9.17) is 11.6 Å². The number of hydrogen-bond donors (Lipinski definition) is 0. The molecule has 2 rings (SSSR count). The maximum absolute atomic E-state index is 11.8. The van der Waals surface area contributed by atoms with Crippen LogP contribution in [0.4, 0.5) is 0 Å². The van der Waals surface area contributed by atoms with Gasteiger partial charge in [-0.15, -0.1) is 0 Å². The SMILES string of the molecule is O=C(C=Cc1cccnc1)c1cccc(Cl)c1. The monoisotopic (exact) mass is 243 g/mol. The van der Waals surface area contributed by atoms with Crippen molar-refractivity contribution in [3.63, 3.8) is 0 Å². The Morgan fingerprint density at radius 2 is 2.12 bits per heavy atom. The molecule has 0 saturated heterocycles. The third-order valence-electron chi connectivity index (χ3n) is 2.22. The minimum Gasteiger partial charge on any atom is -0.289 e. The third kappa shape index (κ3) is 3.26. The first-order chi connectivity index (χ1) is 8.25. The van der Waals surface area contributed by atoms with Crippen molar-refractivity contribution in [3.05, 3.63) is 71.0 Å². The van der Waals surface area contributed by atoms with Crippen molar-refractivity contribution in [2.45, 2.75) is 0 Å². The molecule has 0 atom stereocenters. The highest BCUT2D eigenvalue weighted by Gasteiger charge is 2.01. The van der Waals surface area contributed by atoms with Crippen LogP contribution >= 0.6 is 11.6 Å². The fourth-order valence-electron chi connectivity index (χ4n) is 1.38. The molecule has 17 heavy (non-hydrogen) atoms. The molecule has 0 aliphatic rings. The molecule has 1 heterocycles. The second-order valence-corrected chi connectivity index (χ2v) is 3.93. The summed E-state index contributed by atoms with van der Waals surface area (Å²) in [5, 5.41) is 0.561. The number of nitrogens with zero attached hydrogens (tertiary/aromatic N) is 1. The van der Waals surface area contributed by atoms with Crippen LogP contribution in [0, 0.1) is 0 Å². The van der Waals surface area contributed by atoms with Crippen LogP contribution < -0.4 is 0 Å². The van der Waals surface area contributed by atoms with Gasteiger partial charge in [-0.25, -0.2) is 0 Å². The fourth-order valence-corrected chi connectivity index (χ4v) is 1.57. The van der Waals surface area contributed by atoms with Crippen LogP contribution in [0.2, 0.25) is 5.02 Å². The predicted molar refractivity (Wildman–Crippen MR) is 69.1 cm³/mol. The standard InChI is InChI=1S/C14H10ClNO/c15-13-5-1-4-12(9-13)14(17)7-6-11-3-2-8-16-10-11/h1-10H. The van der Waals surface area contributed by atoms with Crippen molar-refractivity contribution in [2.75, 3.05) is 0 Å². The number of hydrogen-bond acceptors (Lipinski definition) is 2. The Balaban J connectivity index is 2.15. The topological polar surface area (TPSA) is 30.0 Å². The lowest BCUT2D eigenvalue weighted by atomic mass is 10.1. The van der Waals surface area contributed by atoms with Crippen molar-refractivity contribution in [1.29, 1.82) is 0 Å². The van der Waals surface area contributed by atoms with Crippen LogP contribution in [0.3, 0.4) is 0 Å². The lowest BCUT2D eigenvalue weighted by Crippen LogP contribution is -1.93. The number of carbonyl (C=O) groups excluding carboxylic acids is 1. The maximum Gasteiger partial charge on any atom is 0.185 e. The van der Waals surface area contributed by atoms with E-state index in [1.54, 1.807) is 42.7 Å². The fraction of sp³-hybridized carbons (Fsp3) is 0. The summed E-state index contributed by atoms with van der Waals surface area (Å²) in [6.45, 7) is 0. The first kappa shape index (κ1) is 11.6. The average Bonchev–Trinajstić information content (AvgIpc) is 2.37. The van der Waals surface area contributed by atoms with Gasteiger partial charge in [0, 0.05) is 23.0 Å². The van der Waals surface area contributed by atoms with E-state index in [1.165, 1.54) is 6.08 Å². The van der Waals surface area contributed by atoms with Gasteiger partial charge in [0.1, 0.15) is 0 Å². The van der Waals surface area contributed by atoms with Gasteiger partial charge in [-0.2, -0.15) is 0 Å². The Morgan fingerprint density at radius 1 is 1.24 bits per heavy atom. The smallest absolute Gasteiger partial charge is 0.185 e. The zero-order valence-electron chi connectivity index (χ0n) is 9.01.